The molecule has 1 heterocycles. The second kappa shape index (κ2) is 7.21. The molecule has 1 saturated heterocycles. The highest BCUT2D eigenvalue weighted by atomic mass is 16.6. The SMILES string of the molecule is CCOc1cccc(C(N)C2CCN(C(=O)OC(C)(C)C)C2)c1. The molecule has 1 aromatic rings. The molecule has 0 spiro atoms. The van der Waals surface area contributed by atoms with E-state index in [0.717, 1.165) is 17.7 Å². The quantitative estimate of drug-likeness (QED) is 0.924. The summed E-state index contributed by atoms with van der Waals surface area (Å²) in [4.78, 5) is 13.9. The Morgan fingerprint density at radius 3 is 2.83 bits per heavy atom. The van der Waals surface area contributed by atoms with Gasteiger partial charge in [-0.2, -0.15) is 0 Å². The maximum absolute atomic E-state index is 12.1. The first-order chi connectivity index (χ1) is 10.8. The molecule has 0 aromatic heterocycles. The molecule has 2 N–H and O–H groups in total. The van der Waals surface area contributed by atoms with Gasteiger partial charge in [-0.05, 0) is 57.7 Å². The average molecular weight is 320 g/mol. The van der Waals surface area contributed by atoms with Gasteiger partial charge in [-0.25, -0.2) is 4.79 Å². The van der Waals surface area contributed by atoms with Crippen molar-refractivity contribution in [2.45, 2.75) is 45.8 Å². The molecular formula is C18H28N2O3. The van der Waals surface area contributed by atoms with Gasteiger partial charge in [0.05, 0.1) is 6.61 Å². The van der Waals surface area contributed by atoms with Gasteiger partial charge in [-0.3, -0.25) is 0 Å². The van der Waals surface area contributed by atoms with Crippen molar-refractivity contribution in [3.05, 3.63) is 29.8 Å². The van der Waals surface area contributed by atoms with Gasteiger partial charge < -0.3 is 20.1 Å². The first kappa shape index (κ1) is 17.6. The monoisotopic (exact) mass is 320 g/mol. The van der Waals surface area contributed by atoms with Gasteiger partial charge >= 0.3 is 6.09 Å². The number of carbonyl (C=O) groups is 1. The van der Waals surface area contributed by atoms with Crippen molar-refractivity contribution in [2.24, 2.45) is 11.7 Å². The predicted octanol–water partition coefficient (Wildman–Crippen LogP) is 3.34. The summed E-state index contributed by atoms with van der Waals surface area (Å²) in [5, 5.41) is 0. The minimum absolute atomic E-state index is 0.108. The van der Waals surface area contributed by atoms with Crippen LogP contribution < -0.4 is 10.5 Å². The Bertz CT molecular complexity index is 539. The van der Waals surface area contributed by atoms with Crippen LogP contribution >= 0.6 is 0 Å². The van der Waals surface area contributed by atoms with E-state index in [1.165, 1.54) is 0 Å². The summed E-state index contributed by atoms with van der Waals surface area (Å²) >= 11 is 0. The van der Waals surface area contributed by atoms with Gasteiger partial charge in [-0.15, -0.1) is 0 Å². The standard InChI is InChI=1S/C18H28N2O3/c1-5-22-15-8-6-7-13(11-15)16(19)14-9-10-20(12-14)17(21)23-18(2,3)4/h6-8,11,14,16H,5,9-10,12,19H2,1-4H3. The van der Waals surface area contributed by atoms with E-state index in [9.17, 15) is 4.79 Å². The number of likely N-dealkylation sites (tertiary alicyclic amines) is 1. The molecule has 1 fully saturated rings. The Hall–Kier alpha value is -1.75. The minimum atomic E-state index is -0.469. The number of benzene rings is 1. The molecule has 2 atom stereocenters. The van der Waals surface area contributed by atoms with Crippen LogP contribution in [0.15, 0.2) is 24.3 Å². The summed E-state index contributed by atoms with van der Waals surface area (Å²) in [5.41, 5.74) is 7.00. The third-order valence-corrected chi connectivity index (χ3v) is 3.94. The highest BCUT2D eigenvalue weighted by Crippen LogP contribution is 2.30. The molecule has 5 heteroatoms. The molecule has 5 nitrogen and oxygen atoms in total. The first-order valence-electron chi connectivity index (χ1n) is 8.26. The minimum Gasteiger partial charge on any atom is -0.494 e. The van der Waals surface area contributed by atoms with Crippen molar-refractivity contribution >= 4 is 6.09 Å². The normalized spacial score (nSPS) is 19.5. The van der Waals surface area contributed by atoms with Gasteiger partial charge in [0.25, 0.3) is 0 Å². The molecule has 128 valence electrons. The van der Waals surface area contributed by atoms with Gasteiger partial charge in [0.1, 0.15) is 11.4 Å². The fraction of sp³-hybridized carbons (Fsp3) is 0.611. The van der Waals surface area contributed by atoms with Crippen molar-refractivity contribution in [1.29, 1.82) is 0 Å². The third kappa shape index (κ3) is 4.86. The maximum atomic E-state index is 12.1. The third-order valence-electron chi connectivity index (χ3n) is 3.94. The molecule has 1 aliphatic heterocycles. The molecule has 0 bridgehead atoms. The lowest BCUT2D eigenvalue weighted by molar-refractivity contribution is 0.0286. The summed E-state index contributed by atoms with van der Waals surface area (Å²) in [7, 11) is 0. The van der Waals surface area contributed by atoms with Gasteiger partial charge in [0.15, 0.2) is 0 Å². The molecule has 0 saturated carbocycles. The van der Waals surface area contributed by atoms with Gasteiger partial charge in [-0.1, -0.05) is 12.1 Å². The van der Waals surface area contributed by atoms with E-state index in [2.05, 4.69) is 0 Å². The molecule has 1 amide bonds. The average Bonchev–Trinajstić information content (AvgIpc) is 2.95. The van der Waals surface area contributed by atoms with E-state index in [0.29, 0.717) is 19.7 Å². The molecule has 0 aliphatic carbocycles. The van der Waals surface area contributed by atoms with Crippen LogP contribution in [0, 0.1) is 5.92 Å². The molecule has 0 radical (unpaired) electrons. The van der Waals surface area contributed by atoms with E-state index in [1.807, 2.05) is 52.0 Å². The zero-order chi connectivity index (χ0) is 17.0. The van der Waals surface area contributed by atoms with E-state index in [1.54, 1.807) is 4.90 Å². The Morgan fingerprint density at radius 2 is 2.17 bits per heavy atom. The smallest absolute Gasteiger partial charge is 0.410 e. The number of hydrogen-bond donors (Lipinski definition) is 1. The van der Waals surface area contributed by atoms with Gasteiger partial charge in [0.2, 0.25) is 0 Å². The number of carbonyl (C=O) groups excluding carboxylic acids is 1. The number of nitrogens with two attached hydrogens (primary N) is 1. The predicted molar refractivity (Wildman–Crippen MR) is 90.5 cm³/mol. The second-order valence-electron chi connectivity index (χ2n) is 7.01. The van der Waals surface area contributed by atoms with Crippen molar-refractivity contribution < 1.29 is 14.3 Å². The van der Waals surface area contributed by atoms with Crippen LogP contribution in [0.25, 0.3) is 0 Å². The molecule has 23 heavy (non-hydrogen) atoms. The number of rotatable bonds is 4. The van der Waals surface area contributed by atoms with Crippen LogP contribution in [0.2, 0.25) is 0 Å². The Labute approximate surface area is 138 Å². The number of hydrogen-bond acceptors (Lipinski definition) is 4. The van der Waals surface area contributed by atoms with Crippen molar-refractivity contribution in [2.75, 3.05) is 19.7 Å². The Balaban J connectivity index is 1.98. The first-order valence-corrected chi connectivity index (χ1v) is 8.26. The van der Waals surface area contributed by atoms with Crippen molar-refractivity contribution in [3.8, 4) is 5.75 Å². The molecule has 2 unspecified atom stereocenters. The molecular weight excluding hydrogens is 292 g/mol. The van der Waals surface area contributed by atoms with E-state index in [4.69, 9.17) is 15.2 Å². The van der Waals surface area contributed by atoms with Crippen molar-refractivity contribution in [1.82, 2.24) is 4.90 Å². The largest absolute Gasteiger partial charge is 0.494 e. The van der Waals surface area contributed by atoms with Crippen LogP contribution in [0.1, 0.15) is 45.7 Å². The van der Waals surface area contributed by atoms with Crippen LogP contribution in [0.4, 0.5) is 4.79 Å². The Morgan fingerprint density at radius 1 is 1.43 bits per heavy atom. The van der Waals surface area contributed by atoms with Crippen molar-refractivity contribution in [3.63, 3.8) is 0 Å². The number of amides is 1. The van der Waals surface area contributed by atoms with Gasteiger partial charge in [0, 0.05) is 19.1 Å². The summed E-state index contributed by atoms with van der Waals surface area (Å²) in [5.74, 6) is 1.07. The molecule has 1 aromatic carbocycles. The van der Waals surface area contributed by atoms with E-state index < -0.39 is 5.60 Å². The van der Waals surface area contributed by atoms with Crippen LogP contribution in [0.3, 0.4) is 0 Å². The zero-order valence-electron chi connectivity index (χ0n) is 14.5. The molecule has 2 rings (SSSR count). The number of ether oxygens (including phenoxy) is 2. The summed E-state index contributed by atoms with van der Waals surface area (Å²) in [6.07, 6.45) is 0.634. The highest BCUT2D eigenvalue weighted by Gasteiger charge is 2.33. The van der Waals surface area contributed by atoms with E-state index >= 15 is 0 Å². The zero-order valence-corrected chi connectivity index (χ0v) is 14.5. The van der Waals surface area contributed by atoms with Crippen LogP contribution in [0.5, 0.6) is 5.75 Å². The van der Waals surface area contributed by atoms with Crippen LogP contribution in [-0.4, -0.2) is 36.3 Å². The topological polar surface area (TPSA) is 64.8 Å². The lowest BCUT2D eigenvalue weighted by Crippen LogP contribution is -2.36. The maximum Gasteiger partial charge on any atom is 0.410 e. The fourth-order valence-corrected chi connectivity index (χ4v) is 2.82. The second-order valence-corrected chi connectivity index (χ2v) is 7.01. The summed E-state index contributed by atoms with van der Waals surface area (Å²) < 4.78 is 11.0. The lowest BCUT2D eigenvalue weighted by Gasteiger charge is -2.25. The summed E-state index contributed by atoms with van der Waals surface area (Å²) in [6, 6.07) is 7.79. The summed E-state index contributed by atoms with van der Waals surface area (Å²) in [6.45, 7) is 9.56. The fourth-order valence-electron chi connectivity index (χ4n) is 2.82. The van der Waals surface area contributed by atoms with Crippen LogP contribution in [-0.2, 0) is 4.74 Å². The van der Waals surface area contributed by atoms with E-state index in [-0.39, 0.29) is 18.1 Å². The number of nitrogens with zero attached hydrogens (tertiary/aromatic N) is 1. The molecule has 1 aliphatic rings. The highest BCUT2D eigenvalue weighted by molar-refractivity contribution is 5.68. The lowest BCUT2D eigenvalue weighted by atomic mass is 9.93. The Kier molecular flexibility index (Phi) is 5.52.